The fourth-order valence-corrected chi connectivity index (χ4v) is 6.21. The van der Waals surface area contributed by atoms with Crippen molar-refractivity contribution in [1.82, 2.24) is 19.8 Å². The number of carbonyl (C=O) groups is 1. The molecule has 166 valence electrons. The molecule has 1 aromatic heterocycles. The average molecular weight is 445 g/mol. The van der Waals surface area contributed by atoms with Gasteiger partial charge in [-0.25, -0.2) is 23.2 Å². The number of fused-ring (bicyclic) bond motifs is 3. The van der Waals surface area contributed by atoms with E-state index in [4.69, 9.17) is 9.52 Å². The van der Waals surface area contributed by atoms with Gasteiger partial charge in [-0.3, -0.25) is 0 Å². The van der Waals surface area contributed by atoms with Crippen LogP contribution in [0.1, 0.15) is 47.1 Å². The van der Waals surface area contributed by atoms with Crippen LogP contribution in [0.2, 0.25) is 0 Å². The number of aryl methyl sites for hydroxylation is 1. The van der Waals surface area contributed by atoms with Crippen LogP contribution < -0.4 is 20.1 Å². The van der Waals surface area contributed by atoms with Gasteiger partial charge in [-0.1, -0.05) is 0 Å². The largest absolute Gasteiger partial charge is 0.477 e. The number of urea groups is 1. The van der Waals surface area contributed by atoms with Crippen molar-refractivity contribution in [1.29, 1.82) is 4.78 Å². The van der Waals surface area contributed by atoms with E-state index in [9.17, 15) is 9.00 Å². The van der Waals surface area contributed by atoms with Gasteiger partial charge in [-0.2, -0.15) is 5.10 Å². The van der Waals surface area contributed by atoms with Crippen molar-refractivity contribution in [2.24, 2.45) is 0 Å². The molecule has 4 N–H and O–H groups in total. The molecule has 0 fully saturated rings. The predicted octanol–water partition coefficient (Wildman–Crippen LogP) is 2.50. The second-order valence-corrected chi connectivity index (χ2v) is 10.1. The van der Waals surface area contributed by atoms with Gasteiger partial charge in [0.1, 0.15) is 4.90 Å². The molecule has 1 unspecified atom stereocenters. The maximum absolute atomic E-state index is 13.1. The van der Waals surface area contributed by atoms with Crippen LogP contribution in [0.15, 0.2) is 11.1 Å². The fourth-order valence-electron chi connectivity index (χ4n) is 5.18. The Kier molecular flexibility index (Phi) is 5.13. The first-order valence-corrected chi connectivity index (χ1v) is 12.4. The second kappa shape index (κ2) is 7.83. The maximum Gasteiger partial charge on any atom is 0.331 e. The zero-order chi connectivity index (χ0) is 21.6. The van der Waals surface area contributed by atoms with Crippen molar-refractivity contribution in [3.8, 4) is 5.88 Å². The summed E-state index contributed by atoms with van der Waals surface area (Å²) in [5.74, 6) is 0.310. The van der Waals surface area contributed by atoms with Gasteiger partial charge in [-0.15, -0.1) is 0 Å². The van der Waals surface area contributed by atoms with Crippen molar-refractivity contribution < 1.29 is 13.7 Å². The highest BCUT2D eigenvalue weighted by Crippen LogP contribution is 2.42. The van der Waals surface area contributed by atoms with Crippen LogP contribution in [0.5, 0.6) is 5.88 Å². The Morgan fingerprint density at radius 2 is 1.84 bits per heavy atom. The first-order valence-electron chi connectivity index (χ1n) is 10.9. The molecule has 0 saturated heterocycles. The lowest BCUT2D eigenvalue weighted by atomic mass is 9.92. The van der Waals surface area contributed by atoms with Crippen molar-refractivity contribution in [2.75, 3.05) is 19.0 Å². The first-order chi connectivity index (χ1) is 15.0. The molecule has 1 atom stereocenters. The van der Waals surface area contributed by atoms with E-state index in [-0.39, 0.29) is 4.90 Å². The number of hydrogen-bond acceptors (Lipinski definition) is 6. The van der Waals surface area contributed by atoms with E-state index in [0.717, 1.165) is 57.2 Å². The number of amides is 2. The Labute approximate surface area is 182 Å². The number of nitrogens with zero attached hydrogens (tertiary/aromatic N) is 2. The Morgan fingerprint density at radius 1 is 1.16 bits per heavy atom. The summed E-state index contributed by atoms with van der Waals surface area (Å²) in [6.45, 7) is 1.97. The van der Waals surface area contributed by atoms with E-state index in [0.29, 0.717) is 19.0 Å². The number of hydrogen-bond donors (Lipinski definition) is 4. The van der Waals surface area contributed by atoms with Gasteiger partial charge >= 0.3 is 6.03 Å². The number of ether oxygens (including phenoxy) is 1. The monoisotopic (exact) mass is 444 g/mol. The lowest BCUT2D eigenvalue weighted by Crippen LogP contribution is -2.34. The highest BCUT2D eigenvalue weighted by molar-refractivity contribution is 7.91. The molecule has 0 spiro atoms. The average Bonchev–Trinajstić information content (AvgIpc) is 3.49. The molecule has 1 aliphatic heterocycles. The Balaban J connectivity index is 1.43. The molecule has 31 heavy (non-hydrogen) atoms. The second-order valence-electron chi connectivity index (χ2n) is 8.36. The van der Waals surface area contributed by atoms with E-state index in [1.807, 2.05) is 7.05 Å². The number of aromatic nitrogens is 2. The summed E-state index contributed by atoms with van der Waals surface area (Å²) in [6.07, 6.45) is 8.20. The van der Waals surface area contributed by atoms with Crippen molar-refractivity contribution in [2.45, 2.75) is 62.9 Å². The van der Waals surface area contributed by atoms with Crippen LogP contribution in [-0.4, -0.2) is 33.7 Å². The van der Waals surface area contributed by atoms with Gasteiger partial charge in [-0.05, 0) is 73.4 Å². The van der Waals surface area contributed by atoms with Crippen LogP contribution in [-0.2, 0) is 48.7 Å². The molecule has 1 aromatic carbocycles. The molecule has 10 heteroatoms. The van der Waals surface area contributed by atoms with E-state index >= 15 is 0 Å². The van der Waals surface area contributed by atoms with E-state index in [1.54, 1.807) is 4.68 Å². The molecule has 2 heterocycles. The van der Waals surface area contributed by atoms with Crippen LogP contribution >= 0.6 is 0 Å². The molecular formula is C21H28N6O3S. The highest BCUT2D eigenvalue weighted by atomic mass is 32.2. The molecule has 0 bridgehead atoms. The van der Waals surface area contributed by atoms with Crippen LogP contribution in [0.25, 0.3) is 0 Å². The molecule has 0 radical (unpaired) electrons. The van der Waals surface area contributed by atoms with Gasteiger partial charge in [0, 0.05) is 25.2 Å². The molecule has 9 nitrogen and oxygen atoms in total. The van der Waals surface area contributed by atoms with E-state index < -0.39 is 15.9 Å². The number of benzene rings is 1. The topological polar surface area (TPSA) is 121 Å². The number of nitrogens with one attached hydrogen (secondary N) is 4. The lowest BCUT2D eigenvalue weighted by Gasteiger charge is -2.21. The summed E-state index contributed by atoms with van der Waals surface area (Å²) in [4.78, 5) is 13.0. The van der Waals surface area contributed by atoms with Crippen LogP contribution in [0, 0.1) is 4.78 Å². The Bertz CT molecular complexity index is 1120. The highest BCUT2D eigenvalue weighted by Gasteiger charge is 2.30. The van der Waals surface area contributed by atoms with Crippen molar-refractivity contribution >= 4 is 21.6 Å². The summed E-state index contributed by atoms with van der Waals surface area (Å²) < 4.78 is 30.9. The van der Waals surface area contributed by atoms with Gasteiger partial charge in [0.2, 0.25) is 5.88 Å². The Hall–Kier alpha value is -2.59. The predicted molar refractivity (Wildman–Crippen MR) is 117 cm³/mol. The maximum atomic E-state index is 13.1. The summed E-state index contributed by atoms with van der Waals surface area (Å²) in [7, 11) is -1.64. The minimum atomic E-state index is -3.60. The normalized spacial score (nSPS) is 18.5. The molecule has 3 aliphatic rings. The number of anilines is 1. The van der Waals surface area contributed by atoms with Crippen molar-refractivity contribution in [3.63, 3.8) is 0 Å². The zero-order valence-corrected chi connectivity index (χ0v) is 18.5. The van der Waals surface area contributed by atoms with Gasteiger partial charge in [0.25, 0.3) is 0 Å². The smallest absolute Gasteiger partial charge is 0.331 e. The van der Waals surface area contributed by atoms with E-state index in [1.165, 1.54) is 34.0 Å². The summed E-state index contributed by atoms with van der Waals surface area (Å²) >= 11 is 0. The van der Waals surface area contributed by atoms with Gasteiger partial charge in [0.05, 0.1) is 12.8 Å². The molecule has 5 rings (SSSR count). The molecule has 0 saturated carbocycles. The minimum absolute atomic E-state index is 0.113. The van der Waals surface area contributed by atoms with Gasteiger partial charge in [0.15, 0.2) is 9.92 Å². The number of rotatable bonds is 5. The molecular weight excluding hydrogens is 416 g/mol. The third-order valence-electron chi connectivity index (χ3n) is 6.42. The van der Waals surface area contributed by atoms with Crippen molar-refractivity contribution in [3.05, 3.63) is 34.0 Å². The number of carbonyl (C=O) groups excluding carboxylic acids is 1. The third-order valence-corrected chi connectivity index (χ3v) is 7.79. The minimum Gasteiger partial charge on any atom is -0.477 e. The van der Waals surface area contributed by atoms with E-state index in [2.05, 4.69) is 20.5 Å². The summed E-state index contributed by atoms with van der Waals surface area (Å²) in [6, 6.07) is -0.625. The Morgan fingerprint density at radius 3 is 2.52 bits per heavy atom. The quantitative estimate of drug-likeness (QED) is 0.565. The summed E-state index contributed by atoms with van der Waals surface area (Å²) in [5.41, 5.74) is 7.34. The fraction of sp³-hybridized carbons (Fsp3) is 0.524. The van der Waals surface area contributed by atoms with Crippen LogP contribution in [0.3, 0.4) is 0 Å². The van der Waals surface area contributed by atoms with Gasteiger partial charge < -0.3 is 15.4 Å². The molecule has 2 amide bonds. The molecule has 2 aromatic rings. The SMILES string of the molecule is CNCc1c2c(c(NC(=O)NS(=N)(=O)c3cnn4c3OCCC4)c3c1CCC3)CCC2. The zero-order valence-electron chi connectivity index (χ0n) is 17.7. The lowest BCUT2D eigenvalue weighted by molar-refractivity contribution is 0.224. The summed E-state index contributed by atoms with van der Waals surface area (Å²) in [5, 5.41) is 10.4. The van der Waals surface area contributed by atoms with Crippen LogP contribution in [0.4, 0.5) is 10.5 Å². The third kappa shape index (κ3) is 3.47. The first kappa shape index (κ1) is 20.3. The molecule has 2 aliphatic carbocycles. The standard InChI is InChI=1S/C21H28N6O3S/c1-23-11-17-13-5-2-7-15(13)19(16-8-3-6-14(16)17)25-21(28)26-31(22,29)18-12-24-27-9-4-10-30-20(18)27/h12,23H,2-11H2,1H3,(H3,22,25,26,28,29).